The summed E-state index contributed by atoms with van der Waals surface area (Å²) in [6.45, 7) is 0. The van der Waals surface area contributed by atoms with Crippen molar-refractivity contribution in [2.45, 2.75) is 5.16 Å². The van der Waals surface area contributed by atoms with E-state index in [2.05, 4.69) is 15.3 Å². The average Bonchev–Trinajstić information content (AvgIpc) is 2.47. The van der Waals surface area contributed by atoms with Gasteiger partial charge in [-0.1, -0.05) is 11.8 Å². The second-order valence-corrected chi connectivity index (χ2v) is 4.54. The molecule has 0 saturated heterocycles. The molecule has 2 aromatic rings. The van der Waals surface area contributed by atoms with Crippen molar-refractivity contribution >= 4 is 23.4 Å². The molecule has 6 heteroatoms. The first-order valence-corrected chi connectivity index (χ1v) is 6.60. The lowest BCUT2D eigenvalue weighted by Gasteiger charge is -2.05. The van der Waals surface area contributed by atoms with Gasteiger partial charge in [0, 0.05) is 18.1 Å². The Labute approximate surface area is 115 Å². The Morgan fingerprint density at radius 2 is 1.95 bits per heavy atom. The average molecular weight is 275 g/mol. The van der Waals surface area contributed by atoms with Crippen LogP contribution in [0.15, 0.2) is 47.9 Å². The molecule has 0 aliphatic carbocycles. The number of carbonyl (C=O) groups excluding carboxylic acids is 1. The maximum Gasteiger partial charge on any atom is 0.234 e. The number of nitrogens with one attached hydrogen (secondary N) is 1. The highest BCUT2D eigenvalue weighted by Crippen LogP contribution is 2.16. The van der Waals surface area contributed by atoms with E-state index in [-0.39, 0.29) is 11.7 Å². The van der Waals surface area contributed by atoms with Gasteiger partial charge in [0.25, 0.3) is 0 Å². The van der Waals surface area contributed by atoms with Crippen LogP contribution in [0.4, 0.5) is 5.69 Å². The van der Waals surface area contributed by atoms with Gasteiger partial charge in [-0.15, -0.1) is 0 Å². The minimum atomic E-state index is -0.0948. The number of hydrogen-bond acceptors (Lipinski definition) is 5. The first-order valence-electron chi connectivity index (χ1n) is 5.61. The predicted octanol–water partition coefficient (Wildman–Crippen LogP) is 2.22. The summed E-state index contributed by atoms with van der Waals surface area (Å²) in [5.74, 6) is 0.934. The van der Waals surface area contributed by atoms with Crippen molar-refractivity contribution in [3.63, 3.8) is 0 Å². The molecule has 98 valence electrons. The van der Waals surface area contributed by atoms with Crippen molar-refractivity contribution in [3.8, 4) is 5.75 Å². The van der Waals surface area contributed by atoms with Crippen LogP contribution in [-0.4, -0.2) is 28.7 Å². The summed E-state index contributed by atoms with van der Waals surface area (Å²) in [5.41, 5.74) is 0.736. The molecule has 0 aliphatic rings. The quantitative estimate of drug-likeness (QED) is 0.669. The van der Waals surface area contributed by atoms with Gasteiger partial charge < -0.3 is 10.1 Å². The van der Waals surface area contributed by atoms with Gasteiger partial charge in [0.15, 0.2) is 5.16 Å². The number of amides is 1. The van der Waals surface area contributed by atoms with E-state index in [1.165, 1.54) is 11.8 Å². The van der Waals surface area contributed by atoms with Crippen LogP contribution in [0.5, 0.6) is 5.75 Å². The number of thioether (sulfide) groups is 1. The third-order valence-electron chi connectivity index (χ3n) is 2.25. The Bertz CT molecular complexity index is 531. The second-order valence-electron chi connectivity index (χ2n) is 3.60. The summed E-state index contributed by atoms with van der Waals surface area (Å²) in [5, 5.41) is 3.38. The van der Waals surface area contributed by atoms with Crippen LogP contribution in [0.3, 0.4) is 0 Å². The van der Waals surface area contributed by atoms with Crippen LogP contribution < -0.4 is 10.1 Å². The highest BCUT2D eigenvalue weighted by Gasteiger charge is 2.05. The van der Waals surface area contributed by atoms with Crippen LogP contribution >= 0.6 is 11.8 Å². The van der Waals surface area contributed by atoms with Crippen LogP contribution in [0.25, 0.3) is 0 Å². The fourth-order valence-corrected chi connectivity index (χ4v) is 1.96. The summed E-state index contributed by atoms with van der Waals surface area (Å²) in [4.78, 5) is 19.8. The SMILES string of the molecule is COc1ccc(NC(=O)CSc2ncccn2)cc1. The molecular weight excluding hydrogens is 262 g/mol. The monoisotopic (exact) mass is 275 g/mol. The lowest BCUT2D eigenvalue weighted by atomic mass is 10.3. The van der Waals surface area contributed by atoms with Gasteiger partial charge in [0.1, 0.15) is 5.75 Å². The Balaban J connectivity index is 1.83. The van der Waals surface area contributed by atoms with E-state index in [9.17, 15) is 4.79 Å². The van der Waals surface area contributed by atoms with Crippen molar-refractivity contribution in [1.82, 2.24) is 9.97 Å². The third kappa shape index (κ3) is 4.26. The molecule has 0 bridgehead atoms. The first-order chi connectivity index (χ1) is 9.28. The summed E-state index contributed by atoms with van der Waals surface area (Å²) >= 11 is 1.30. The van der Waals surface area contributed by atoms with Crippen LogP contribution in [-0.2, 0) is 4.79 Å². The van der Waals surface area contributed by atoms with Gasteiger partial charge in [0.2, 0.25) is 5.91 Å². The molecular formula is C13H13N3O2S. The van der Waals surface area contributed by atoms with E-state index in [0.29, 0.717) is 5.16 Å². The van der Waals surface area contributed by atoms with Crippen molar-refractivity contribution in [2.24, 2.45) is 0 Å². The normalized spacial score (nSPS) is 9.95. The molecule has 1 aromatic carbocycles. The number of nitrogens with zero attached hydrogens (tertiary/aromatic N) is 2. The summed E-state index contributed by atoms with van der Waals surface area (Å²) in [7, 11) is 1.60. The Hall–Kier alpha value is -2.08. The molecule has 1 amide bonds. The molecule has 0 radical (unpaired) electrons. The van der Waals surface area contributed by atoms with Crippen LogP contribution in [0, 0.1) is 0 Å². The summed E-state index contributed by atoms with van der Waals surface area (Å²) < 4.78 is 5.05. The highest BCUT2D eigenvalue weighted by molar-refractivity contribution is 7.99. The van der Waals surface area contributed by atoms with E-state index in [0.717, 1.165) is 11.4 Å². The number of ether oxygens (including phenoxy) is 1. The van der Waals surface area contributed by atoms with E-state index in [1.807, 2.05) is 0 Å². The zero-order valence-electron chi connectivity index (χ0n) is 10.4. The van der Waals surface area contributed by atoms with Crippen molar-refractivity contribution in [2.75, 3.05) is 18.2 Å². The molecule has 0 spiro atoms. The van der Waals surface area contributed by atoms with Crippen LogP contribution in [0.1, 0.15) is 0 Å². The maximum absolute atomic E-state index is 11.7. The van der Waals surface area contributed by atoms with Gasteiger partial charge in [-0.3, -0.25) is 4.79 Å². The molecule has 0 aliphatic heterocycles. The van der Waals surface area contributed by atoms with Gasteiger partial charge in [0.05, 0.1) is 12.9 Å². The number of benzene rings is 1. The van der Waals surface area contributed by atoms with E-state index >= 15 is 0 Å². The highest BCUT2D eigenvalue weighted by atomic mass is 32.2. The lowest BCUT2D eigenvalue weighted by Crippen LogP contribution is -2.14. The van der Waals surface area contributed by atoms with E-state index < -0.39 is 0 Å². The molecule has 0 fully saturated rings. The Kier molecular flexibility index (Phi) is 4.74. The minimum Gasteiger partial charge on any atom is -0.497 e. The zero-order valence-corrected chi connectivity index (χ0v) is 11.2. The van der Waals surface area contributed by atoms with E-state index in [4.69, 9.17) is 4.74 Å². The van der Waals surface area contributed by atoms with E-state index in [1.54, 1.807) is 49.8 Å². The Morgan fingerprint density at radius 1 is 1.26 bits per heavy atom. The molecule has 0 unspecified atom stereocenters. The minimum absolute atomic E-state index is 0.0948. The largest absolute Gasteiger partial charge is 0.497 e. The number of methoxy groups -OCH3 is 1. The fourth-order valence-electron chi connectivity index (χ4n) is 1.36. The number of anilines is 1. The maximum atomic E-state index is 11.7. The number of rotatable bonds is 5. The summed E-state index contributed by atoms with van der Waals surface area (Å²) in [6.07, 6.45) is 3.30. The number of hydrogen-bond donors (Lipinski definition) is 1. The third-order valence-corrected chi connectivity index (χ3v) is 3.12. The summed E-state index contributed by atoms with van der Waals surface area (Å²) in [6, 6.07) is 8.91. The molecule has 1 N–H and O–H groups in total. The molecule has 5 nitrogen and oxygen atoms in total. The van der Waals surface area contributed by atoms with Crippen LogP contribution in [0.2, 0.25) is 0 Å². The van der Waals surface area contributed by atoms with Crippen molar-refractivity contribution < 1.29 is 9.53 Å². The number of carbonyl (C=O) groups is 1. The van der Waals surface area contributed by atoms with Crippen molar-refractivity contribution in [3.05, 3.63) is 42.7 Å². The molecule has 0 atom stereocenters. The van der Waals surface area contributed by atoms with Crippen molar-refractivity contribution in [1.29, 1.82) is 0 Å². The van der Waals surface area contributed by atoms with Gasteiger partial charge >= 0.3 is 0 Å². The lowest BCUT2D eigenvalue weighted by molar-refractivity contribution is -0.113. The Morgan fingerprint density at radius 3 is 2.58 bits per heavy atom. The molecule has 2 rings (SSSR count). The molecule has 19 heavy (non-hydrogen) atoms. The predicted molar refractivity (Wildman–Crippen MR) is 74.4 cm³/mol. The molecule has 0 saturated carbocycles. The standard InChI is InChI=1S/C13H13N3O2S/c1-18-11-5-3-10(4-6-11)16-12(17)9-19-13-14-7-2-8-15-13/h2-8H,9H2,1H3,(H,16,17). The van der Waals surface area contributed by atoms with Gasteiger partial charge in [-0.05, 0) is 30.3 Å². The topological polar surface area (TPSA) is 64.1 Å². The second kappa shape index (κ2) is 6.75. The number of aromatic nitrogens is 2. The van der Waals surface area contributed by atoms with Gasteiger partial charge in [-0.2, -0.15) is 0 Å². The molecule has 1 heterocycles. The fraction of sp³-hybridized carbons (Fsp3) is 0.154. The van der Waals surface area contributed by atoms with Gasteiger partial charge in [-0.25, -0.2) is 9.97 Å². The molecule has 1 aromatic heterocycles. The smallest absolute Gasteiger partial charge is 0.234 e. The zero-order chi connectivity index (χ0) is 13.5. The first kappa shape index (κ1) is 13.4.